The van der Waals surface area contributed by atoms with Crippen LogP contribution in [0.1, 0.15) is 52.4 Å². The molecule has 1 unspecified atom stereocenters. The van der Waals surface area contributed by atoms with Gasteiger partial charge in [-0.15, -0.1) is 0 Å². The number of hydrogen-bond donors (Lipinski definition) is 0. The number of ether oxygens (including phenoxy) is 2. The first-order chi connectivity index (χ1) is 8.63. The topological polar surface area (TPSA) is 52.6 Å². The lowest BCUT2D eigenvalue weighted by Crippen LogP contribution is -2.24. The Morgan fingerprint density at radius 1 is 1.11 bits per heavy atom. The molecular weight excluding hydrogens is 300 g/mol. The Hall–Kier alpha value is -0.580. The Kier molecular flexibility index (Phi) is 11.1. The van der Waals surface area contributed by atoms with Crippen LogP contribution in [-0.4, -0.2) is 30.0 Å². The van der Waals surface area contributed by atoms with Crippen LogP contribution in [0.25, 0.3) is 0 Å². The maximum Gasteiger partial charge on any atom is 0.309 e. The minimum absolute atomic E-state index is 0.118. The average Bonchev–Trinajstić information content (AvgIpc) is 2.35. The van der Waals surface area contributed by atoms with Gasteiger partial charge in [0, 0.05) is 11.8 Å². The Labute approximate surface area is 118 Å². The van der Waals surface area contributed by atoms with Crippen molar-refractivity contribution in [3.8, 4) is 0 Å². The number of carbonyl (C=O) groups is 2. The first kappa shape index (κ1) is 17.4. The third-order valence-corrected chi connectivity index (χ3v) is 3.08. The second kappa shape index (κ2) is 11.5. The standard InChI is InChI=1S/C13H23BrO4/c1-3-5-7-12(15)18-11(10-14)9-13(16)17-8-6-4-2/h11H,3-10H2,1-2H3. The first-order valence-electron chi connectivity index (χ1n) is 6.55. The van der Waals surface area contributed by atoms with Crippen molar-refractivity contribution in [2.45, 2.75) is 58.5 Å². The van der Waals surface area contributed by atoms with E-state index >= 15 is 0 Å². The molecule has 0 aromatic carbocycles. The summed E-state index contributed by atoms with van der Waals surface area (Å²) in [6.45, 7) is 4.49. The predicted octanol–water partition coefficient (Wildman–Crippen LogP) is 3.22. The van der Waals surface area contributed by atoms with Gasteiger partial charge in [0.15, 0.2) is 0 Å². The Balaban J connectivity index is 3.87. The second-order valence-corrected chi connectivity index (χ2v) is 4.80. The fraction of sp³-hybridized carbons (Fsp3) is 0.846. The zero-order chi connectivity index (χ0) is 13.8. The molecule has 0 N–H and O–H groups in total. The minimum atomic E-state index is -0.427. The summed E-state index contributed by atoms with van der Waals surface area (Å²) in [5.74, 6) is -0.557. The van der Waals surface area contributed by atoms with Crippen LogP contribution < -0.4 is 0 Å². The van der Waals surface area contributed by atoms with E-state index < -0.39 is 6.10 Å². The van der Waals surface area contributed by atoms with E-state index in [0.717, 1.165) is 25.7 Å². The quantitative estimate of drug-likeness (QED) is 0.352. The van der Waals surface area contributed by atoms with Crippen molar-refractivity contribution >= 4 is 27.9 Å². The largest absolute Gasteiger partial charge is 0.466 e. The zero-order valence-electron chi connectivity index (χ0n) is 11.2. The number of esters is 2. The van der Waals surface area contributed by atoms with Crippen LogP contribution >= 0.6 is 15.9 Å². The smallest absolute Gasteiger partial charge is 0.309 e. The van der Waals surface area contributed by atoms with Crippen molar-refractivity contribution in [2.75, 3.05) is 11.9 Å². The highest BCUT2D eigenvalue weighted by Gasteiger charge is 2.17. The summed E-state index contributed by atoms with van der Waals surface area (Å²) >= 11 is 3.24. The van der Waals surface area contributed by atoms with Crippen molar-refractivity contribution < 1.29 is 19.1 Å². The fourth-order valence-electron chi connectivity index (χ4n) is 1.27. The van der Waals surface area contributed by atoms with Gasteiger partial charge >= 0.3 is 11.9 Å². The summed E-state index contributed by atoms with van der Waals surface area (Å²) in [7, 11) is 0. The third-order valence-electron chi connectivity index (χ3n) is 2.36. The molecule has 0 rings (SSSR count). The molecule has 1 atom stereocenters. The molecule has 18 heavy (non-hydrogen) atoms. The van der Waals surface area contributed by atoms with Gasteiger partial charge in [-0.2, -0.15) is 0 Å². The summed E-state index contributed by atoms with van der Waals surface area (Å²) < 4.78 is 10.2. The summed E-state index contributed by atoms with van der Waals surface area (Å²) in [5.41, 5.74) is 0. The van der Waals surface area contributed by atoms with Gasteiger partial charge in [-0.05, 0) is 12.8 Å². The normalized spacial score (nSPS) is 11.9. The van der Waals surface area contributed by atoms with Gasteiger partial charge < -0.3 is 9.47 Å². The van der Waals surface area contributed by atoms with Crippen molar-refractivity contribution in [1.29, 1.82) is 0 Å². The van der Waals surface area contributed by atoms with Crippen LogP contribution in [0.3, 0.4) is 0 Å². The van der Waals surface area contributed by atoms with E-state index in [1.807, 2.05) is 13.8 Å². The lowest BCUT2D eigenvalue weighted by atomic mass is 10.2. The van der Waals surface area contributed by atoms with Gasteiger partial charge in [0.1, 0.15) is 6.10 Å². The molecule has 0 heterocycles. The molecule has 5 heteroatoms. The highest BCUT2D eigenvalue weighted by molar-refractivity contribution is 9.09. The van der Waals surface area contributed by atoms with E-state index in [-0.39, 0.29) is 18.4 Å². The lowest BCUT2D eigenvalue weighted by Gasteiger charge is -2.14. The van der Waals surface area contributed by atoms with Crippen molar-refractivity contribution in [3.05, 3.63) is 0 Å². The minimum Gasteiger partial charge on any atom is -0.466 e. The third kappa shape index (κ3) is 9.45. The van der Waals surface area contributed by atoms with E-state index in [9.17, 15) is 9.59 Å². The van der Waals surface area contributed by atoms with E-state index in [2.05, 4.69) is 15.9 Å². The molecule has 4 nitrogen and oxygen atoms in total. The number of halogens is 1. The fourth-order valence-corrected chi connectivity index (χ4v) is 1.63. The summed E-state index contributed by atoms with van der Waals surface area (Å²) in [6.07, 6.45) is 3.71. The van der Waals surface area contributed by atoms with Crippen LogP contribution in [0.2, 0.25) is 0 Å². The molecule has 0 fully saturated rings. The first-order valence-corrected chi connectivity index (χ1v) is 7.67. The summed E-state index contributed by atoms with van der Waals surface area (Å²) in [5, 5.41) is 0.452. The second-order valence-electron chi connectivity index (χ2n) is 4.15. The van der Waals surface area contributed by atoms with E-state index in [1.165, 1.54) is 0 Å². The van der Waals surface area contributed by atoms with Crippen LogP contribution in [0.5, 0.6) is 0 Å². The Morgan fingerprint density at radius 3 is 2.33 bits per heavy atom. The van der Waals surface area contributed by atoms with Crippen molar-refractivity contribution in [2.24, 2.45) is 0 Å². The van der Waals surface area contributed by atoms with Gasteiger partial charge in [0.25, 0.3) is 0 Å². The molecule has 0 aliphatic heterocycles. The zero-order valence-corrected chi connectivity index (χ0v) is 12.8. The van der Waals surface area contributed by atoms with E-state index in [4.69, 9.17) is 9.47 Å². The summed E-state index contributed by atoms with van der Waals surface area (Å²) in [6, 6.07) is 0. The molecule has 0 bridgehead atoms. The molecule has 0 aromatic heterocycles. The molecule has 0 aromatic rings. The van der Waals surface area contributed by atoms with Gasteiger partial charge in [0.05, 0.1) is 13.0 Å². The molecule has 0 saturated carbocycles. The molecule has 0 aliphatic carbocycles. The highest BCUT2D eigenvalue weighted by Crippen LogP contribution is 2.08. The molecule has 0 saturated heterocycles. The number of hydrogen-bond acceptors (Lipinski definition) is 4. The number of rotatable bonds is 10. The highest BCUT2D eigenvalue weighted by atomic mass is 79.9. The molecular formula is C13H23BrO4. The average molecular weight is 323 g/mol. The van der Waals surface area contributed by atoms with Crippen LogP contribution in [0.15, 0.2) is 0 Å². The molecule has 0 aliphatic rings. The Morgan fingerprint density at radius 2 is 1.78 bits per heavy atom. The maximum absolute atomic E-state index is 11.4. The SMILES string of the molecule is CCCCOC(=O)CC(CBr)OC(=O)CCCC. The summed E-state index contributed by atoms with van der Waals surface area (Å²) in [4.78, 5) is 22.9. The Bertz CT molecular complexity index is 243. The maximum atomic E-state index is 11.4. The van der Waals surface area contributed by atoms with Gasteiger partial charge in [-0.25, -0.2) is 0 Å². The van der Waals surface area contributed by atoms with Crippen LogP contribution in [0, 0.1) is 0 Å². The monoisotopic (exact) mass is 322 g/mol. The molecule has 0 radical (unpaired) electrons. The van der Waals surface area contributed by atoms with Crippen LogP contribution in [-0.2, 0) is 19.1 Å². The number of unbranched alkanes of at least 4 members (excludes halogenated alkanes) is 2. The predicted molar refractivity (Wildman–Crippen MR) is 73.7 cm³/mol. The van der Waals surface area contributed by atoms with Gasteiger partial charge in [-0.1, -0.05) is 42.6 Å². The van der Waals surface area contributed by atoms with Crippen LogP contribution in [0.4, 0.5) is 0 Å². The molecule has 106 valence electrons. The molecule has 0 spiro atoms. The number of alkyl halides is 1. The van der Waals surface area contributed by atoms with Gasteiger partial charge in [0.2, 0.25) is 0 Å². The lowest BCUT2D eigenvalue weighted by molar-refractivity contribution is -0.154. The number of carbonyl (C=O) groups excluding carboxylic acids is 2. The van der Waals surface area contributed by atoms with E-state index in [0.29, 0.717) is 18.4 Å². The van der Waals surface area contributed by atoms with Gasteiger partial charge in [-0.3, -0.25) is 9.59 Å². The molecule has 0 amide bonds. The van der Waals surface area contributed by atoms with Crippen molar-refractivity contribution in [1.82, 2.24) is 0 Å². The van der Waals surface area contributed by atoms with Crippen molar-refractivity contribution in [3.63, 3.8) is 0 Å². The van der Waals surface area contributed by atoms with E-state index in [1.54, 1.807) is 0 Å².